The molecule has 0 fully saturated rings. The zero-order valence-corrected chi connectivity index (χ0v) is 9.13. The lowest BCUT2D eigenvalue weighted by molar-refractivity contribution is 0.0608. The maximum atomic E-state index is 12.0. The Morgan fingerprint density at radius 2 is 2.00 bits per heavy atom. The maximum Gasteiger partial charge on any atom is 0.261 e. The van der Waals surface area contributed by atoms with E-state index in [9.17, 15) is 9.59 Å². The van der Waals surface area contributed by atoms with E-state index in [0.29, 0.717) is 12.1 Å². The molecule has 0 saturated carbocycles. The van der Waals surface area contributed by atoms with Crippen LogP contribution in [0.5, 0.6) is 0 Å². The standard InChI is InChI=1S/C11H14N2O2/c1-11(2,3)13-6-7-4-5-12-9(14)8(7)10(13)15/h4-5H,6H2,1-3H3,(H,12,14). The van der Waals surface area contributed by atoms with E-state index in [0.717, 1.165) is 5.56 Å². The predicted octanol–water partition coefficient (Wildman–Crippen LogP) is 1.13. The number of nitrogens with zero attached hydrogens (tertiary/aromatic N) is 1. The van der Waals surface area contributed by atoms with Gasteiger partial charge in [-0.3, -0.25) is 9.59 Å². The Hall–Kier alpha value is -1.58. The molecular formula is C11H14N2O2. The minimum Gasteiger partial charge on any atom is -0.329 e. The Kier molecular flexibility index (Phi) is 1.96. The summed E-state index contributed by atoms with van der Waals surface area (Å²) in [5.41, 5.74) is 0.582. The number of hydrogen-bond acceptors (Lipinski definition) is 2. The van der Waals surface area contributed by atoms with Gasteiger partial charge < -0.3 is 9.88 Å². The van der Waals surface area contributed by atoms with Crippen molar-refractivity contribution in [2.75, 3.05) is 0 Å². The minimum atomic E-state index is -0.288. The molecule has 0 spiro atoms. The lowest BCUT2D eigenvalue weighted by Crippen LogP contribution is -2.42. The SMILES string of the molecule is CC(C)(C)N1Cc2cc[nH]c(=O)c2C1=O. The van der Waals surface area contributed by atoms with Crippen molar-refractivity contribution in [3.8, 4) is 0 Å². The number of H-pyrrole nitrogens is 1. The Labute approximate surface area is 87.9 Å². The average molecular weight is 206 g/mol. The van der Waals surface area contributed by atoms with Crippen molar-refractivity contribution < 1.29 is 4.79 Å². The largest absolute Gasteiger partial charge is 0.329 e. The van der Waals surface area contributed by atoms with Crippen molar-refractivity contribution in [1.29, 1.82) is 0 Å². The molecule has 2 heterocycles. The number of aromatic amines is 1. The molecule has 1 aromatic heterocycles. The summed E-state index contributed by atoms with van der Waals surface area (Å²) in [6, 6.07) is 1.79. The van der Waals surface area contributed by atoms with Crippen molar-refractivity contribution in [3.63, 3.8) is 0 Å². The highest BCUT2D eigenvalue weighted by Crippen LogP contribution is 2.26. The smallest absolute Gasteiger partial charge is 0.261 e. The van der Waals surface area contributed by atoms with Crippen molar-refractivity contribution in [1.82, 2.24) is 9.88 Å². The van der Waals surface area contributed by atoms with Crippen LogP contribution >= 0.6 is 0 Å². The summed E-state index contributed by atoms with van der Waals surface area (Å²) in [6.45, 7) is 6.42. The molecule has 0 aliphatic carbocycles. The van der Waals surface area contributed by atoms with Gasteiger partial charge in [-0.1, -0.05) is 0 Å². The number of hydrogen-bond donors (Lipinski definition) is 1. The molecule has 2 rings (SSSR count). The number of carbonyl (C=O) groups is 1. The molecule has 1 aliphatic rings. The van der Waals surface area contributed by atoms with E-state index in [2.05, 4.69) is 4.98 Å². The normalized spacial score (nSPS) is 15.7. The third kappa shape index (κ3) is 1.46. The van der Waals surface area contributed by atoms with Crippen LogP contribution in [0.3, 0.4) is 0 Å². The molecule has 0 radical (unpaired) electrons. The Morgan fingerprint density at radius 1 is 1.33 bits per heavy atom. The number of fused-ring (bicyclic) bond motifs is 1. The number of amides is 1. The van der Waals surface area contributed by atoms with Crippen LogP contribution in [-0.4, -0.2) is 21.3 Å². The summed E-state index contributed by atoms with van der Waals surface area (Å²) in [6.07, 6.45) is 1.58. The summed E-state index contributed by atoms with van der Waals surface area (Å²) in [5.74, 6) is -0.167. The highest BCUT2D eigenvalue weighted by Gasteiger charge is 2.36. The van der Waals surface area contributed by atoms with Gasteiger partial charge in [-0.15, -0.1) is 0 Å². The Balaban J connectivity index is 2.52. The van der Waals surface area contributed by atoms with Crippen LogP contribution in [0.2, 0.25) is 0 Å². The molecule has 0 atom stereocenters. The fourth-order valence-corrected chi connectivity index (χ4v) is 1.80. The zero-order chi connectivity index (χ0) is 11.2. The number of rotatable bonds is 0. The van der Waals surface area contributed by atoms with Crippen LogP contribution in [0.4, 0.5) is 0 Å². The summed E-state index contributed by atoms with van der Waals surface area (Å²) >= 11 is 0. The lowest BCUT2D eigenvalue weighted by atomic mass is 10.1. The second kappa shape index (κ2) is 2.95. The molecule has 0 unspecified atom stereocenters. The van der Waals surface area contributed by atoms with Gasteiger partial charge in [0.25, 0.3) is 11.5 Å². The molecule has 1 amide bonds. The molecule has 15 heavy (non-hydrogen) atoms. The topological polar surface area (TPSA) is 53.2 Å². The van der Waals surface area contributed by atoms with Crippen LogP contribution < -0.4 is 5.56 Å². The minimum absolute atomic E-state index is 0.167. The first kappa shape index (κ1) is 9.96. The molecule has 80 valence electrons. The molecule has 0 bridgehead atoms. The van der Waals surface area contributed by atoms with E-state index in [4.69, 9.17) is 0 Å². The maximum absolute atomic E-state index is 12.0. The number of aromatic nitrogens is 1. The summed E-state index contributed by atoms with van der Waals surface area (Å²) in [5, 5.41) is 0. The van der Waals surface area contributed by atoms with Gasteiger partial charge in [-0.2, -0.15) is 0 Å². The van der Waals surface area contributed by atoms with Gasteiger partial charge in [0.2, 0.25) is 0 Å². The van der Waals surface area contributed by atoms with Crippen molar-refractivity contribution in [2.24, 2.45) is 0 Å². The summed E-state index contributed by atoms with van der Waals surface area (Å²) < 4.78 is 0. The molecule has 1 aromatic rings. The summed E-state index contributed by atoms with van der Waals surface area (Å²) in [7, 11) is 0. The first-order valence-corrected chi connectivity index (χ1v) is 4.94. The van der Waals surface area contributed by atoms with Crippen LogP contribution in [-0.2, 0) is 6.54 Å². The molecule has 1 N–H and O–H groups in total. The first-order valence-electron chi connectivity index (χ1n) is 4.94. The Morgan fingerprint density at radius 3 is 2.53 bits per heavy atom. The first-order chi connectivity index (χ1) is 6.91. The zero-order valence-electron chi connectivity index (χ0n) is 9.13. The van der Waals surface area contributed by atoms with E-state index >= 15 is 0 Å². The fraction of sp³-hybridized carbons (Fsp3) is 0.455. The van der Waals surface area contributed by atoms with Crippen molar-refractivity contribution >= 4 is 5.91 Å². The quantitative estimate of drug-likeness (QED) is 0.691. The van der Waals surface area contributed by atoms with Gasteiger partial charge in [-0.25, -0.2) is 0 Å². The van der Waals surface area contributed by atoms with E-state index in [1.54, 1.807) is 17.2 Å². The molecule has 4 heteroatoms. The van der Waals surface area contributed by atoms with Crippen LogP contribution in [0, 0.1) is 0 Å². The number of nitrogens with one attached hydrogen (secondary N) is 1. The monoisotopic (exact) mass is 206 g/mol. The van der Waals surface area contributed by atoms with Crippen LogP contribution in [0.1, 0.15) is 36.7 Å². The number of carbonyl (C=O) groups excluding carboxylic acids is 1. The van der Waals surface area contributed by atoms with Crippen LogP contribution in [0.25, 0.3) is 0 Å². The Bertz CT molecular complexity index is 468. The summed E-state index contributed by atoms with van der Waals surface area (Å²) in [4.78, 5) is 27.7. The predicted molar refractivity (Wildman–Crippen MR) is 56.7 cm³/mol. The van der Waals surface area contributed by atoms with Gasteiger partial charge >= 0.3 is 0 Å². The third-order valence-corrected chi connectivity index (χ3v) is 2.64. The molecular weight excluding hydrogens is 192 g/mol. The van der Waals surface area contributed by atoms with E-state index < -0.39 is 0 Å². The second-order valence-corrected chi connectivity index (χ2v) is 4.77. The molecule has 4 nitrogen and oxygen atoms in total. The van der Waals surface area contributed by atoms with Gasteiger partial charge in [0, 0.05) is 18.3 Å². The number of pyridine rings is 1. The third-order valence-electron chi connectivity index (χ3n) is 2.64. The van der Waals surface area contributed by atoms with Gasteiger partial charge in [-0.05, 0) is 32.4 Å². The van der Waals surface area contributed by atoms with Crippen molar-refractivity contribution in [2.45, 2.75) is 32.9 Å². The lowest BCUT2D eigenvalue weighted by Gasteiger charge is -2.31. The molecule has 0 aromatic carbocycles. The van der Waals surface area contributed by atoms with Gasteiger partial charge in [0.05, 0.1) is 0 Å². The van der Waals surface area contributed by atoms with Crippen LogP contribution in [0.15, 0.2) is 17.1 Å². The van der Waals surface area contributed by atoms with E-state index in [1.165, 1.54) is 0 Å². The van der Waals surface area contributed by atoms with Gasteiger partial charge in [0.15, 0.2) is 0 Å². The highest BCUT2D eigenvalue weighted by molar-refractivity contribution is 5.98. The van der Waals surface area contributed by atoms with Crippen molar-refractivity contribution in [3.05, 3.63) is 33.7 Å². The second-order valence-electron chi connectivity index (χ2n) is 4.77. The highest BCUT2D eigenvalue weighted by atomic mass is 16.2. The van der Waals surface area contributed by atoms with E-state index in [-0.39, 0.29) is 17.0 Å². The van der Waals surface area contributed by atoms with Gasteiger partial charge in [0.1, 0.15) is 5.56 Å². The molecule has 1 aliphatic heterocycles. The van der Waals surface area contributed by atoms with E-state index in [1.807, 2.05) is 20.8 Å². The molecule has 0 saturated heterocycles. The fourth-order valence-electron chi connectivity index (χ4n) is 1.80. The average Bonchev–Trinajstić information content (AvgIpc) is 2.44.